The van der Waals surface area contributed by atoms with Crippen molar-refractivity contribution in [3.8, 4) is 11.6 Å². The van der Waals surface area contributed by atoms with Gasteiger partial charge in [-0.05, 0) is 42.8 Å². The third-order valence-corrected chi connectivity index (χ3v) is 5.86. The van der Waals surface area contributed by atoms with E-state index in [2.05, 4.69) is 30.8 Å². The minimum Gasteiger partial charge on any atom is -0.438 e. The summed E-state index contributed by atoms with van der Waals surface area (Å²) in [5, 5.41) is 2.99. The first-order valence-electron chi connectivity index (χ1n) is 9.03. The van der Waals surface area contributed by atoms with Gasteiger partial charge in [0.05, 0.1) is 0 Å². The molecule has 0 atom stereocenters. The van der Waals surface area contributed by atoms with Crippen molar-refractivity contribution in [1.82, 2.24) is 14.9 Å². The Balaban J connectivity index is 1.49. The number of carbonyl (C=O) groups excluding carboxylic acids is 1. The third kappa shape index (κ3) is 4.34. The molecule has 3 heterocycles. The van der Waals surface area contributed by atoms with Crippen LogP contribution in [0.2, 0.25) is 0 Å². The molecule has 0 N–H and O–H groups in total. The summed E-state index contributed by atoms with van der Waals surface area (Å²) in [6, 6.07) is 11.0. The smallest absolute Gasteiger partial charge is 0.259 e. The Bertz CT molecular complexity index is 934. The van der Waals surface area contributed by atoms with Gasteiger partial charge in [0.25, 0.3) is 5.91 Å². The number of hydrogen-bond donors (Lipinski definition) is 0. The first kappa shape index (κ1) is 18.9. The Morgan fingerprint density at radius 2 is 1.89 bits per heavy atom. The van der Waals surface area contributed by atoms with Gasteiger partial charge in [0, 0.05) is 48.4 Å². The van der Waals surface area contributed by atoms with E-state index in [0.29, 0.717) is 30.3 Å². The van der Waals surface area contributed by atoms with Crippen molar-refractivity contribution in [2.24, 2.45) is 0 Å². The predicted molar refractivity (Wildman–Crippen MR) is 113 cm³/mol. The minimum atomic E-state index is -0.0544. The summed E-state index contributed by atoms with van der Waals surface area (Å²) >= 11 is 5.03. The van der Waals surface area contributed by atoms with Crippen molar-refractivity contribution in [2.45, 2.75) is 6.42 Å². The molecule has 144 valence electrons. The van der Waals surface area contributed by atoms with Gasteiger partial charge in [0.2, 0.25) is 5.88 Å². The average molecular weight is 459 g/mol. The SMILES string of the molecule is O=C(c1cccnc1Oc1ccc(Br)cc1)N1CCCN(c2nccs2)CC1. The number of aromatic nitrogens is 2. The molecule has 8 heteroatoms. The van der Waals surface area contributed by atoms with Gasteiger partial charge in [-0.3, -0.25) is 4.79 Å². The standard InChI is InChI=1S/C20H19BrN4O2S/c21-15-4-6-16(7-5-15)27-18-17(3-1-8-22-18)19(26)24-10-2-11-25(13-12-24)20-23-9-14-28-20/h1,3-9,14H,2,10-13H2. The second kappa shape index (κ2) is 8.70. The Hall–Kier alpha value is -2.45. The van der Waals surface area contributed by atoms with Crippen LogP contribution in [0.3, 0.4) is 0 Å². The molecule has 28 heavy (non-hydrogen) atoms. The highest BCUT2D eigenvalue weighted by atomic mass is 79.9. The van der Waals surface area contributed by atoms with E-state index >= 15 is 0 Å². The van der Waals surface area contributed by atoms with Crippen molar-refractivity contribution in [3.63, 3.8) is 0 Å². The number of pyridine rings is 1. The molecule has 0 bridgehead atoms. The van der Waals surface area contributed by atoms with Gasteiger partial charge >= 0.3 is 0 Å². The van der Waals surface area contributed by atoms with Crippen LogP contribution in [0.15, 0.2) is 58.6 Å². The first-order valence-corrected chi connectivity index (χ1v) is 10.7. The lowest BCUT2D eigenvalue weighted by Gasteiger charge is -2.22. The van der Waals surface area contributed by atoms with E-state index in [0.717, 1.165) is 29.1 Å². The van der Waals surface area contributed by atoms with Crippen molar-refractivity contribution in [3.05, 3.63) is 64.2 Å². The highest BCUT2D eigenvalue weighted by Gasteiger charge is 2.24. The van der Waals surface area contributed by atoms with Crippen LogP contribution < -0.4 is 9.64 Å². The van der Waals surface area contributed by atoms with E-state index in [9.17, 15) is 4.79 Å². The van der Waals surface area contributed by atoms with Crippen molar-refractivity contribution in [1.29, 1.82) is 0 Å². The van der Waals surface area contributed by atoms with Crippen LogP contribution in [-0.4, -0.2) is 47.0 Å². The molecule has 1 fully saturated rings. The van der Waals surface area contributed by atoms with Gasteiger partial charge in [-0.2, -0.15) is 0 Å². The monoisotopic (exact) mass is 458 g/mol. The van der Waals surface area contributed by atoms with Crippen molar-refractivity contribution < 1.29 is 9.53 Å². The van der Waals surface area contributed by atoms with Crippen LogP contribution in [0.4, 0.5) is 5.13 Å². The maximum absolute atomic E-state index is 13.2. The second-order valence-corrected chi connectivity index (χ2v) is 8.15. The minimum absolute atomic E-state index is 0.0544. The molecule has 6 nitrogen and oxygen atoms in total. The molecule has 0 aliphatic carbocycles. The molecule has 0 saturated carbocycles. The number of carbonyl (C=O) groups is 1. The summed E-state index contributed by atoms with van der Waals surface area (Å²) in [7, 11) is 0. The maximum atomic E-state index is 13.2. The van der Waals surface area contributed by atoms with Crippen LogP contribution in [0.1, 0.15) is 16.8 Å². The molecule has 1 amide bonds. The van der Waals surface area contributed by atoms with Crippen LogP contribution >= 0.6 is 27.3 Å². The van der Waals surface area contributed by atoms with E-state index in [4.69, 9.17) is 4.74 Å². The zero-order valence-corrected chi connectivity index (χ0v) is 17.5. The van der Waals surface area contributed by atoms with E-state index in [1.165, 1.54) is 0 Å². The summed E-state index contributed by atoms with van der Waals surface area (Å²) < 4.78 is 6.85. The maximum Gasteiger partial charge on any atom is 0.259 e. The fourth-order valence-corrected chi connectivity index (χ4v) is 4.06. The van der Waals surface area contributed by atoms with Gasteiger partial charge in [-0.15, -0.1) is 11.3 Å². The quantitative estimate of drug-likeness (QED) is 0.577. The number of hydrogen-bond acceptors (Lipinski definition) is 6. The molecular weight excluding hydrogens is 440 g/mol. The Kier molecular flexibility index (Phi) is 5.87. The number of anilines is 1. The Labute approximate surface area is 175 Å². The molecule has 1 saturated heterocycles. The summed E-state index contributed by atoms with van der Waals surface area (Å²) in [6.45, 7) is 3.01. The molecule has 1 aliphatic rings. The molecule has 2 aromatic heterocycles. The normalized spacial score (nSPS) is 14.6. The lowest BCUT2D eigenvalue weighted by atomic mass is 10.2. The summed E-state index contributed by atoms with van der Waals surface area (Å²) in [6.07, 6.45) is 4.35. The molecule has 0 radical (unpaired) electrons. The zero-order valence-electron chi connectivity index (χ0n) is 15.1. The van der Waals surface area contributed by atoms with Gasteiger partial charge in [-0.1, -0.05) is 15.9 Å². The fraction of sp³-hybridized carbons (Fsp3) is 0.250. The number of thiazole rings is 1. The van der Waals surface area contributed by atoms with Crippen LogP contribution in [-0.2, 0) is 0 Å². The lowest BCUT2D eigenvalue weighted by molar-refractivity contribution is 0.0763. The van der Waals surface area contributed by atoms with E-state index in [-0.39, 0.29) is 5.91 Å². The zero-order chi connectivity index (χ0) is 19.3. The highest BCUT2D eigenvalue weighted by molar-refractivity contribution is 9.10. The largest absolute Gasteiger partial charge is 0.438 e. The van der Waals surface area contributed by atoms with Crippen molar-refractivity contribution in [2.75, 3.05) is 31.1 Å². The Morgan fingerprint density at radius 1 is 1.04 bits per heavy atom. The number of rotatable bonds is 4. The molecule has 0 spiro atoms. The van der Waals surface area contributed by atoms with Crippen LogP contribution in [0, 0.1) is 0 Å². The molecule has 4 rings (SSSR count). The second-order valence-electron chi connectivity index (χ2n) is 6.36. The highest BCUT2D eigenvalue weighted by Crippen LogP contribution is 2.26. The topological polar surface area (TPSA) is 58.6 Å². The number of ether oxygens (including phenoxy) is 1. The molecule has 3 aromatic rings. The molecular formula is C20H19BrN4O2S. The third-order valence-electron chi connectivity index (χ3n) is 4.50. The summed E-state index contributed by atoms with van der Waals surface area (Å²) in [4.78, 5) is 26.0. The Morgan fingerprint density at radius 3 is 2.68 bits per heavy atom. The van der Waals surface area contributed by atoms with Crippen molar-refractivity contribution >= 4 is 38.3 Å². The number of benzene rings is 1. The summed E-state index contributed by atoms with van der Waals surface area (Å²) in [5.41, 5.74) is 0.480. The van der Waals surface area contributed by atoms with Gasteiger partial charge in [-0.25, -0.2) is 9.97 Å². The van der Waals surface area contributed by atoms with Gasteiger partial charge in [0.15, 0.2) is 5.13 Å². The molecule has 1 aliphatic heterocycles. The number of halogens is 1. The fourth-order valence-electron chi connectivity index (χ4n) is 3.10. The van der Waals surface area contributed by atoms with Gasteiger partial charge in [0.1, 0.15) is 11.3 Å². The lowest BCUT2D eigenvalue weighted by Crippen LogP contribution is -2.35. The number of amides is 1. The van der Waals surface area contributed by atoms with E-state index in [1.54, 1.807) is 29.7 Å². The molecule has 0 unspecified atom stereocenters. The first-order chi connectivity index (χ1) is 13.7. The number of nitrogens with zero attached hydrogens (tertiary/aromatic N) is 4. The van der Waals surface area contributed by atoms with E-state index < -0.39 is 0 Å². The average Bonchev–Trinajstić information content (AvgIpc) is 3.14. The van der Waals surface area contributed by atoms with E-state index in [1.807, 2.05) is 40.7 Å². The van der Waals surface area contributed by atoms with Crippen LogP contribution in [0.5, 0.6) is 11.6 Å². The van der Waals surface area contributed by atoms with Crippen LogP contribution in [0.25, 0.3) is 0 Å². The predicted octanol–water partition coefficient (Wildman–Crippen LogP) is 4.45. The van der Waals surface area contributed by atoms with Gasteiger partial charge < -0.3 is 14.5 Å². The molecule has 1 aromatic carbocycles. The summed E-state index contributed by atoms with van der Waals surface area (Å²) in [5.74, 6) is 0.916.